The van der Waals surface area contributed by atoms with Crippen molar-refractivity contribution in [3.63, 3.8) is 0 Å². The zero-order chi connectivity index (χ0) is 19.5. The van der Waals surface area contributed by atoms with Crippen molar-refractivity contribution >= 4 is 11.9 Å². The summed E-state index contributed by atoms with van der Waals surface area (Å²) in [7, 11) is 0. The van der Waals surface area contributed by atoms with Crippen LogP contribution in [0.25, 0.3) is 0 Å². The second kappa shape index (κ2) is 8.14. The van der Waals surface area contributed by atoms with Crippen molar-refractivity contribution in [3.05, 3.63) is 11.6 Å². The zero-order valence-corrected chi connectivity index (χ0v) is 17.1. The minimum atomic E-state index is -0.701. The Morgan fingerprint density at radius 3 is 2.65 bits per heavy atom. The van der Waals surface area contributed by atoms with E-state index in [-0.39, 0.29) is 29.1 Å². The first kappa shape index (κ1) is 21.0. The Morgan fingerprint density at radius 2 is 2.04 bits per heavy atom. The van der Waals surface area contributed by atoms with Crippen LogP contribution in [0.5, 0.6) is 0 Å². The Morgan fingerprint density at radius 1 is 1.35 bits per heavy atom. The second-order valence-electron chi connectivity index (χ2n) is 9.24. The molecule has 0 heterocycles. The maximum absolute atomic E-state index is 11.3. The standard InChI is InChI=1S/C22H36O4/c1-15(13-20(24)25)9-11-21(4)16(2)10-12-22(5)18(14-26-17(3)23)7-6-8-19(21)22/h7,15-16,19H,6,8-14H2,1-5H3,(H,24,25)/t15?,16-,19-,21+,22+/m1/s1. The van der Waals surface area contributed by atoms with Crippen LogP contribution in [0.15, 0.2) is 11.6 Å². The summed E-state index contributed by atoms with van der Waals surface area (Å²) in [6, 6.07) is 0. The van der Waals surface area contributed by atoms with Crippen molar-refractivity contribution in [3.8, 4) is 0 Å². The lowest BCUT2D eigenvalue weighted by atomic mass is 9.46. The number of carboxylic acid groups (broad SMARTS) is 1. The molecule has 2 rings (SSSR count). The third-order valence-electron chi connectivity index (χ3n) is 7.50. The first-order valence-electron chi connectivity index (χ1n) is 10.1. The predicted octanol–water partition coefficient (Wildman–Crippen LogP) is 5.22. The minimum Gasteiger partial charge on any atom is -0.481 e. The highest BCUT2D eigenvalue weighted by Crippen LogP contribution is 2.62. The van der Waals surface area contributed by atoms with Crippen LogP contribution in [0.2, 0.25) is 0 Å². The van der Waals surface area contributed by atoms with Crippen molar-refractivity contribution in [2.24, 2.45) is 28.6 Å². The number of hydrogen-bond donors (Lipinski definition) is 1. The summed E-state index contributed by atoms with van der Waals surface area (Å²) in [5.41, 5.74) is 1.58. The molecular weight excluding hydrogens is 328 g/mol. The van der Waals surface area contributed by atoms with Gasteiger partial charge in [-0.15, -0.1) is 0 Å². The minimum absolute atomic E-state index is 0.0883. The summed E-state index contributed by atoms with van der Waals surface area (Å²) in [6.07, 6.45) is 9.12. The van der Waals surface area contributed by atoms with Gasteiger partial charge in [0.05, 0.1) is 0 Å². The van der Waals surface area contributed by atoms with Gasteiger partial charge in [0.25, 0.3) is 0 Å². The van der Waals surface area contributed by atoms with Crippen molar-refractivity contribution in [1.29, 1.82) is 0 Å². The molecule has 0 bridgehead atoms. The van der Waals surface area contributed by atoms with Crippen molar-refractivity contribution < 1.29 is 19.4 Å². The van der Waals surface area contributed by atoms with E-state index in [0.717, 1.165) is 25.7 Å². The molecule has 0 saturated heterocycles. The molecule has 0 aromatic rings. The molecule has 26 heavy (non-hydrogen) atoms. The van der Waals surface area contributed by atoms with Crippen LogP contribution < -0.4 is 0 Å². The summed E-state index contributed by atoms with van der Waals surface area (Å²) >= 11 is 0. The van der Waals surface area contributed by atoms with Crippen LogP contribution >= 0.6 is 0 Å². The predicted molar refractivity (Wildman–Crippen MR) is 103 cm³/mol. The molecule has 5 atom stereocenters. The molecule has 2 aliphatic carbocycles. The summed E-state index contributed by atoms with van der Waals surface area (Å²) in [5.74, 6) is 0.487. The maximum atomic E-state index is 11.3. The average Bonchev–Trinajstić information content (AvgIpc) is 2.55. The SMILES string of the molecule is CC(=O)OCC1=CCC[C@@H]2[C@@](C)(CCC(C)CC(=O)O)[C@H](C)CC[C@@]12C. The fourth-order valence-electron chi connectivity index (χ4n) is 5.56. The fourth-order valence-corrected chi connectivity index (χ4v) is 5.56. The monoisotopic (exact) mass is 364 g/mol. The summed E-state index contributed by atoms with van der Waals surface area (Å²) in [5, 5.41) is 9.06. The molecule has 2 aliphatic rings. The Labute approximate surface area is 158 Å². The molecular formula is C22H36O4. The van der Waals surface area contributed by atoms with E-state index in [1.807, 2.05) is 0 Å². The second-order valence-corrected chi connectivity index (χ2v) is 9.24. The first-order chi connectivity index (χ1) is 12.1. The number of ether oxygens (including phenoxy) is 1. The van der Waals surface area contributed by atoms with Crippen molar-refractivity contribution in [1.82, 2.24) is 0 Å². The quantitative estimate of drug-likeness (QED) is 0.497. The van der Waals surface area contributed by atoms with Crippen molar-refractivity contribution in [2.45, 2.75) is 79.6 Å². The molecule has 4 heteroatoms. The van der Waals surface area contributed by atoms with Crippen molar-refractivity contribution in [2.75, 3.05) is 6.61 Å². The number of rotatable bonds is 7. The third-order valence-corrected chi connectivity index (χ3v) is 7.50. The van der Waals surface area contributed by atoms with Crippen LogP contribution in [0.1, 0.15) is 79.6 Å². The molecule has 0 aliphatic heterocycles. The summed E-state index contributed by atoms with van der Waals surface area (Å²) in [4.78, 5) is 22.3. The Bertz CT molecular complexity index is 566. The van der Waals surface area contributed by atoms with Gasteiger partial charge in [0.15, 0.2) is 0 Å². The van der Waals surface area contributed by atoms with E-state index in [9.17, 15) is 9.59 Å². The van der Waals surface area contributed by atoms with E-state index in [2.05, 4.69) is 33.8 Å². The van der Waals surface area contributed by atoms with Gasteiger partial charge in [0, 0.05) is 13.3 Å². The Balaban J connectivity index is 2.18. The lowest BCUT2D eigenvalue weighted by Gasteiger charge is -2.58. The zero-order valence-electron chi connectivity index (χ0n) is 17.1. The number of allylic oxidation sites excluding steroid dienone is 1. The highest BCUT2D eigenvalue weighted by Gasteiger charge is 2.53. The lowest BCUT2D eigenvalue weighted by Crippen LogP contribution is -2.50. The summed E-state index contributed by atoms with van der Waals surface area (Å²) < 4.78 is 5.36. The molecule has 0 aromatic carbocycles. The molecule has 0 aromatic heterocycles. The number of fused-ring (bicyclic) bond motifs is 1. The molecule has 0 amide bonds. The van der Waals surface area contributed by atoms with Crippen LogP contribution in [-0.2, 0) is 14.3 Å². The van der Waals surface area contributed by atoms with E-state index in [4.69, 9.17) is 9.84 Å². The smallest absolute Gasteiger partial charge is 0.303 e. The number of hydrogen-bond acceptors (Lipinski definition) is 3. The van der Waals surface area contributed by atoms with Gasteiger partial charge in [0.1, 0.15) is 6.61 Å². The molecule has 0 radical (unpaired) electrons. The summed E-state index contributed by atoms with van der Waals surface area (Å²) in [6.45, 7) is 11.1. The van der Waals surface area contributed by atoms with Gasteiger partial charge in [-0.2, -0.15) is 0 Å². The lowest BCUT2D eigenvalue weighted by molar-refractivity contribution is -0.141. The maximum Gasteiger partial charge on any atom is 0.303 e. The van der Waals surface area contributed by atoms with Gasteiger partial charge in [-0.3, -0.25) is 9.59 Å². The fraction of sp³-hybridized carbons (Fsp3) is 0.818. The normalized spacial score (nSPS) is 35.2. The first-order valence-corrected chi connectivity index (χ1v) is 10.1. The number of carboxylic acids is 1. The van der Waals surface area contributed by atoms with E-state index < -0.39 is 5.97 Å². The van der Waals surface area contributed by atoms with Crippen LogP contribution in [0, 0.1) is 28.6 Å². The molecule has 4 nitrogen and oxygen atoms in total. The van der Waals surface area contributed by atoms with Gasteiger partial charge in [-0.05, 0) is 72.7 Å². The van der Waals surface area contributed by atoms with E-state index in [1.54, 1.807) is 0 Å². The number of carbonyl (C=O) groups excluding carboxylic acids is 1. The average molecular weight is 365 g/mol. The van der Waals surface area contributed by atoms with Gasteiger partial charge in [-0.25, -0.2) is 0 Å². The largest absolute Gasteiger partial charge is 0.481 e. The van der Waals surface area contributed by atoms with Gasteiger partial charge in [-0.1, -0.05) is 33.8 Å². The van der Waals surface area contributed by atoms with Gasteiger partial charge in [0.2, 0.25) is 0 Å². The van der Waals surface area contributed by atoms with Gasteiger partial charge < -0.3 is 9.84 Å². The molecule has 1 saturated carbocycles. The topological polar surface area (TPSA) is 63.6 Å². The molecule has 148 valence electrons. The third kappa shape index (κ3) is 4.32. The van der Waals surface area contributed by atoms with E-state index in [0.29, 0.717) is 18.4 Å². The van der Waals surface area contributed by atoms with E-state index >= 15 is 0 Å². The molecule has 1 unspecified atom stereocenters. The Kier molecular flexibility index (Phi) is 6.57. The van der Waals surface area contributed by atoms with Crippen LogP contribution in [-0.4, -0.2) is 23.7 Å². The molecule has 0 spiro atoms. The highest BCUT2D eigenvalue weighted by molar-refractivity contribution is 5.67. The number of carbonyl (C=O) groups is 2. The van der Waals surface area contributed by atoms with Gasteiger partial charge >= 0.3 is 11.9 Å². The van der Waals surface area contributed by atoms with Crippen LogP contribution in [0.3, 0.4) is 0 Å². The van der Waals surface area contributed by atoms with Crippen LogP contribution in [0.4, 0.5) is 0 Å². The Hall–Kier alpha value is -1.32. The molecule has 1 N–H and O–H groups in total. The van der Waals surface area contributed by atoms with E-state index in [1.165, 1.54) is 25.3 Å². The number of aliphatic carboxylic acids is 1. The number of esters is 1. The molecule has 1 fully saturated rings. The highest BCUT2D eigenvalue weighted by atomic mass is 16.5.